The standard InChI is InChI=1S/C58H112O6/c1-5-8-10-12-14-16-17-18-19-20-21-22-23-27-30-34-37-41-45-49-56(59)62-52-55(64-58(61)51-47-43-39-32-15-13-11-9-6-2)53-63-57(60)50-46-42-38-35-31-28-25-24-26-29-33-36-40-44-48-54(4)7-3/h54-55H,5-53H2,1-4H3/t54?,55-/m1/s1. The Balaban J connectivity index is 4.17. The second-order valence-corrected chi connectivity index (χ2v) is 20.2. The molecule has 6 heteroatoms. The Hall–Kier alpha value is -1.59. The quantitative estimate of drug-likeness (QED) is 0.0344. The summed E-state index contributed by atoms with van der Waals surface area (Å²) in [5, 5.41) is 0. The zero-order valence-corrected chi connectivity index (χ0v) is 43.8. The molecule has 2 atom stereocenters. The number of hydrogen-bond donors (Lipinski definition) is 0. The van der Waals surface area contributed by atoms with Gasteiger partial charge in [-0.15, -0.1) is 0 Å². The third-order valence-electron chi connectivity index (χ3n) is 13.7. The first-order valence-electron chi connectivity index (χ1n) is 28.9. The van der Waals surface area contributed by atoms with Gasteiger partial charge in [-0.25, -0.2) is 0 Å². The number of esters is 3. The van der Waals surface area contributed by atoms with E-state index in [0.29, 0.717) is 19.3 Å². The Morgan fingerprint density at radius 2 is 0.547 bits per heavy atom. The molecule has 0 aliphatic rings. The lowest BCUT2D eigenvalue weighted by Crippen LogP contribution is -2.30. The van der Waals surface area contributed by atoms with E-state index in [1.807, 2.05) is 0 Å². The van der Waals surface area contributed by atoms with Gasteiger partial charge in [0.05, 0.1) is 0 Å². The summed E-state index contributed by atoms with van der Waals surface area (Å²) in [4.78, 5) is 38.0. The molecule has 380 valence electrons. The normalized spacial score (nSPS) is 12.4. The van der Waals surface area contributed by atoms with Crippen molar-refractivity contribution in [3.05, 3.63) is 0 Å². The van der Waals surface area contributed by atoms with Crippen LogP contribution in [0.25, 0.3) is 0 Å². The van der Waals surface area contributed by atoms with Crippen LogP contribution >= 0.6 is 0 Å². The van der Waals surface area contributed by atoms with Crippen LogP contribution in [-0.4, -0.2) is 37.2 Å². The van der Waals surface area contributed by atoms with Crippen LogP contribution in [0.3, 0.4) is 0 Å². The highest BCUT2D eigenvalue weighted by Gasteiger charge is 2.19. The molecule has 0 amide bonds. The minimum atomic E-state index is -0.761. The number of hydrogen-bond acceptors (Lipinski definition) is 6. The molecule has 0 aliphatic carbocycles. The van der Waals surface area contributed by atoms with Crippen molar-refractivity contribution in [3.8, 4) is 0 Å². The molecule has 0 fully saturated rings. The van der Waals surface area contributed by atoms with E-state index in [9.17, 15) is 14.4 Å². The molecular weight excluding hydrogens is 793 g/mol. The molecule has 0 spiro atoms. The lowest BCUT2D eigenvalue weighted by atomic mass is 9.99. The van der Waals surface area contributed by atoms with Gasteiger partial charge in [0.1, 0.15) is 13.2 Å². The lowest BCUT2D eigenvalue weighted by molar-refractivity contribution is -0.167. The van der Waals surface area contributed by atoms with Crippen LogP contribution < -0.4 is 0 Å². The number of carbonyl (C=O) groups is 3. The third kappa shape index (κ3) is 49.8. The minimum absolute atomic E-state index is 0.0622. The molecule has 0 N–H and O–H groups in total. The van der Waals surface area contributed by atoms with Crippen molar-refractivity contribution < 1.29 is 28.6 Å². The Morgan fingerprint density at radius 1 is 0.312 bits per heavy atom. The van der Waals surface area contributed by atoms with Gasteiger partial charge in [-0.2, -0.15) is 0 Å². The van der Waals surface area contributed by atoms with Crippen LogP contribution in [0, 0.1) is 5.92 Å². The number of carbonyl (C=O) groups excluding carboxylic acids is 3. The van der Waals surface area contributed by atoms with E-state index in [1.54, 1.807) is 0 Å². The Bertz CT molecular complexity index is 966. The van der Waals surface area contributed by atoms with Crippen molar-refractivity contribution in [2.24, 2.45) is 5.92 Å². The molecule has 0 aromatic rings. The molecule has 0 aromatic heterocycles. The van der Waals surface area contributed by atoms with Crippen molar-refractivity contribution in [2.45, 2.75) is 336 Å². The van der Waals surface area contributed by atoms with Crippen molar-refractivity contribution in [3.63, 3.8) is 0 Å². The zero-order chi connectivity index (χ0) is 46.7. The molecule has 0 radical (unpaired) electrons. The number of rotatable bonds is 53. The monoisotopic (exact) mass is 905 g/mol. The average Bonchev–Trinajstić information content (AvgIpc) is 3.29. The van der Waals surface area contributed by atoms with Gasteiger partial charge in [0.2, 0.25) is 0 Å². The first-order valence-corrected chi connectivity index (χ1v) is 28.9. The Kier molecular flexibility index (Phi) is 51.1. The van der Waals surface area contributed by atoms with Crippen molar-refractivity contribution in [2.75, 3.05) is 13.2 Å². The molecule has 0 saturated heterocycles. The lowest BCUT2D eigenvalue weighted by Gasteiger charge is -2.18. The second-order valence-electron chi connectivity index (χ2n) is 20.2. The first kappa shape index (κ1) is 62.4. The van der Waals surface area contributed by atoms with Gasteiger partial charge < -0.3 is 14.2 Å². The smallest absolute Gasteiger partial charge is 0.306 e. The van der Waals surface area contributed by atoms with Gasteiger partial charge in [-0.05, 0) is 25.2 Å². The van der Waals surface area contributed by atoms with E-state index in [4.69, 9.17) is 14.2 Å². The predicted molar refractivity (Wildman–Crippen MR) is 275 cm³/mol. The van der Waals surface area contributed by atoms with Gasteiger partial charge in [-0.3, -0.25) is 14.4 Å². The third-order valence-corrected chi connectivity index (χ3v) is 13.7. The Morgan fingerprint density at radius 3 is 0.812 bits per heavy atom. The van der Waals surface area contributed by atoms with E-state index >= 15 is 0 Å². The van der Waals surface area contributed by atoms with E-state index in [-0.39, 0.29) is 31.1 Å². The van der Waals surface area contributed by atoms with E-state index in [0.717, 1.165) is 63.7 Å². The molecule has 1 unspecified atom stereocenters. The fraction of sp³-hybridized carbons (Fsp3) is 0.948. The van der Waals surface area contributed by atoms with Crippen LogP contribution in [0.1, 0.15) is 329 Å². The van der Waals surface area contributed by atoms with E-state index < -0.39 is 6.10 Å². The highest BCUT2D eigenvalue weighted by molar-refractivity contribution is 5.71. The Labute approximate surface area is 399 Å². The topological polar surface area (TPSA) is 78.9 Å². The average molecular weight is 906 g/mol. The number of unbranched alkanes of at least 4 members (excludes halogenated alkanes) is 39. The van der Waals surface area contributed by atoms with Crippen LogP contribution in [0.15, 0.2) is 0 Å². The summed E-state index contributed by atoms with van der Waals surface area (Å²) in [6, 6.07) is 0. The summed E-state index contributed by atoms with van der Waals surface area (Å²) in [6.07, 6.45) is 56.7. The molecule has 0 heterocycles. The van der Waals surface area contributed by atoms with Gasteiger partial charge in [0.25, 0.3) is 0 Å². The summed E-state index contributed by atoms with van der Waals surface area (Å²) in [5.74, 6) is 0.0560. The molecule has 0 bridgehead atoms. The first-order chi connectivity index (χ1) is 31.4. The molecule has 64 heavy (non-hydrogen) atoms. The maximum atomic E-state index is 12.8. The second kappa shape index (κ2) is 52.4. The molecule has 6 nitrogen and oxygen atoms in total. The van der Waals surface area contributed by atoms with Crippen molar-refractivity contribution >= 4 is 17.9 Å². The summed E-state index contributed by atoms with van der Waals surface area (Å²) < 4.78 is 16.8. The highest BCUT2D eigenvalue weighted by Crippen LogP contribution is 2.18. The molecule has 0 aliphatic heterocycles. The van der Waals surface area contributed by atoms with E-state index in [2.05, 4.69) is 27.7 Å². The number of ether oxygens (including phenoxy) is 3. The minimum Gasteiger partial charge on any atom is -0.462 e. The van der Waals surface area contributed by atoms with Gasteiger partial charge >= 0.3 is 17.9 Å². The SMILES string of the molecule is CCCCCCCCCCCCCCCCCCCCCC(=O)OC[C@H](COC(=O)CCCCCCCCCCCCCCCCC(C)CC)OC(=O)CCCCCCCCCCC. The van der Waals surface area contributed by atoms with Crippen LogP contribution in [0.2, 0.25) is 0 Å². The fourth-order valence-electron chi connectivity index (χ4n) is 8.89. The molecular formula is C58H112O6. The highest BCUT2D eigenvalue weighted by atomic mass is 16.6. The van der Waals surface area contributed by atoms with Gasteiger partial charge in [-0.1, -0.05) is 291 Å². The van der Waals surface area contributed by atoms with Crippen LogP contribution in [0.5, 0.6) is 0 Å². The summed E-state index contributed by atoms with van der Waals surface area (Å²) in [5.41, 5.74) is 0. The maximum absolute atomic E-state index is 12.8. The van der Waals surface area contributed by atoms with Gasteiger partial charge in [0, 0.05) is 19.3 Å². The van der Waals surface area contributed by atoms with Gasteiger partial charge in [0.15, 0.2) is 6.10 Å². The largest absolute Gasteiger partial charge is 0.462 e. The molecule has 0 aromatic carbocycles. The van der Waals surface area contributed by atoms with Crippen molar-refractivity contribution in [1.82, 2.24) is 0 Å². The van der Waals surface area contributed by atoms with Crippen LogP contribution in [-0.2, 0) is 28.6 Å². The van der Waals surface area contributed by atoms with Crippen molar-refractivity contribution in [1.29, 1.82) is 0 Å². The van der Waals surface area contributed by atoms with E-state index in [1.165, 1.54) is 225 Å². The maximum Gasteiger partial charge on any atom is 0.306 e. The summed E-state index contributed by atoms with van der Waals surface area (Å²) >= 11 is 0. The molecule has 0 rings (SSSR count). The fourth-order valence-corrected chi connectivity index (χ4v) is 8.89. The van der Waals surface area contributed by atoms with Crippen LogP contribution in [0.4, 0.5) is 0 Å². The molecule has 0 saturated carbocycles. The predicted octanol–water partition coefficient (Wildman–Crippen LogP) is 19.0. The summed E-state index contributed by atoms with van der Waals surface area (Å²) in [6.45, 7) is 9.08. The zero-order valence-electron chi connectivity index (χ0n) is 43.8. The summed E-state index contributed by atoms with van der Waals surface area (Å²) in [7, 11) is 0.